The van der Waals surface area contributed by atoms with Crippen LogP contribution in [0.1, 0.15) is 26.2 Å². The molecule has 0 saturated carbocycles. The summed E-state index contributed by atoms with van der Waals surface area (Å²) in [7, 11) is 0. The monoisotopic (exact) mass is 214 g/mol. The van der Waals surface area contributed by atoms with Crippen LogP contribution in [0.15, 0.2) is 0 Å². The van der Waals surface area contributed by atoms with E-state index < -0.39 is 5.97 Å². The number of hydrogen-bond acceptors (Lipinski definition) is 2. The van der Waals surface area contributed by atoms with E-state index in [2.05, 4.69) is 5.32 Å². The van der Waals surface area contributed by atoms with Gasteiger partial charge in [-0.15, -0.1) is 0 Å². The van der Waals surface area contributed by atoms with E-state index in [0.717, 1.165) is 13.0 Å². The molecule has 1 aliphatic heterocycles. The first-order chi connectivity index (χ1) is 7.13. The van der Waals surface area contributed by atoms with E-state index in [4.69, 9.17) is 5.11 Å². The molecule has 5 heteroatoms. The summed E-state index contributed by atoms with van der Waals surface area (Å²) in [5, 5.41) is 11.3. The minimum Gasteiger partial charge on any atom is -0.481 e. The number of carboxylic acids is 1. The van der Waals surface area contributed by atoms with E-state index in [-0.39, 0.29) is 12.5 Å². The molecule has 0 aromatic rings. The van der Waals surface area contributed by atoms with Crippen molar-refractivity contribution >= 4 is 12.0 Å². The molecule has 1 rings (SSSR count). The first kappa shape index (κ1) is 11.8. The van der Waals surface area contributed by atoms with Gasteiger partial charge in [-0.2, -0.15) is 0 Å². The van der Waals surface area contributed by atoms with Crippen LogP contribution in [0.25, 0.3) is 0 Å². The van der Waals surface area contributed by atoms with Gasteiger partial charge in [-0.25, -0.2) is 4.79 Å². The van der Waals surface area contributed by atoms with Gasteiger partial charge in [-0.05, 0) is 25.7 Å². The molecule has 0 radical (unpaired) electrons. The number of carboxylic acid groups (broad SMARTS) is 1. The van der Waals surface area contributed by atoms with Crippen molar-refractivity contribution in [3.8, 4) is 0 Å². The Hall–Kier alpha value is -1.26. The number of rotatable bonds is 4. The van der Waals surface area contributed by atoms with Crippen LogP contribution in [0, 0.1) is 5.92 Å². The summed E-state index contributed by atoms with van der Waals surface area (Å²) in [5.74, 6) is -0.407. The topological polar surface area (TPSA) is 69.6 Å². The molecule has 86 valence electrons. The van der Waals surface area contributed by atoms with Crippen LogP contribution < -0.4 is 5.32 Å². The number of amides is 2. The van der Waals surface area contributed by atoms with Gasteiger partial charge in [0.1, 0.15) is 0 Å². The highest BCUT2D eigenvalue weighted by Gasteiger charge is 2.25. The highest BCUT2D eigenvalue weighted by molar-refractivity contribution is 5.74. The zero-order valence-corrected chi connectivity index (χ0v) is 9.03. The van der Waals surface area contributed by atoms with E-state index in [9.17, 15) is 9.59 Å². The van der Waals surface area contributed by atoms with Gasteiger partial charge in [0.15, 0.2) is 0 Å². The van der Waals surface area contributed by atoms with Crippen molar-refractivity contribution < 1.29 is 14.7 Å². The standard InChI is InChI=1S/C10H18N2O3/c1-2-11-10(15)12-6-5-8(7-12)3-4-9(13)14/h8H,2-7H2,1H3,(H,11,15)(H,13,14). The maximum Gasteiger partial charge on any atom is 0.317 e. The van der Waals surface area contributed by atoms with Crippen molar-refractivity contribution in [2.45, 2.75) is 26.2 Å². The Morgan fingerprint density at radius 3 is 2.87 bits per heavy atom. The number of carbonyl (C=O) groups excluding carboxylic acids is 1. The maximum absolute atomic E-state index is 11.4. The summed E-state index contributed by atoms with van der Waals surface area (Å²) >= 11 is 0. The highest BCUT2D eigenvalue weighted by Crippen LogP contribution is 2.20. The van der Waals surface area contributed by atoms with Gasteiger partial charge in [0, 0.05) is 26.1 Å². The first-order valence-electron chi connectivity index (χ1n) is 5.38. The molecule has 15 heavy (non-hydrogen) atoms. The summed E-state index contributed by atoms with van der Waals surface area (Å²) in [6.45, 7) is 3.96. The van der Waals surface area contributed by atoms with Crippen molar-refractivity contribution in [3.63, 3.8) is 0 Å². The number of urea groups is 1. The molecule has 2 amide bonds. The molecule has 1 aliphatic rings. The Balaban J connectivity index is 2.26. The van der Waals surface area contributed by atoms with Crippen LogP contribution >= 0.6 is 0 Å². The van der Waals surface area contributed by atoms with E-state index in [1.54, 1.807) is 4.90 Å². The summed E-state index contributed by atoms with van der Waals surface area (Å²) in [4.78, 5) is 23.6. The average Bonchev–Trinajstić information content (AvgIpc) is 2.63. The van der Waals surface area contributed by atoms with E-state index in [0.29, 0.717) is 25.4 Å². The largest absolute Gasteiger partial charge is 0.481 e. The molecular weight excluding hydrogens is 196 g/mol. The smallest absolute Gasteiger partial charge is 0.317 e. The Bertz CT molecular complexity index is 243. The minimum absolute atomic E-state index is 0.0321. The molecule has 1 fully saturated rings. The fourth-order valence-electron chi connectivity index (χ4n) is 1.84. The summed E-state index contributed by atoms with van der Waals surface area (Å²) in [5.41, 5.74) is 0. The fraction of sp³-hybridized carbons (Fsp3) is 0.800. The molecule has 5 nitrogen and oxygen atoms in total. The number of nitrogens with zero attached hydrogens (tertiary/aromatic N) is 1. The van der Waals surface area contributed by atoms with Crippen molar-refractivity contribution in [2.24, 2.45) is 5.92 Å². The molecule has 1 saturated heterocycles. The lowest BCUT2D eigenvalue weighted by molar-refractivity contribution is -0.137. The fourth-order valence-corrected chi connectivity index (χ4v) is 1.84. The van der Waals surface area contributed by atoms with Gasteiger partial charge < -0.3 is 15.3 Å². The van der Waals surface area contributed by atoms with Gasteiger partial charge in [-0.1, -0.05) is 0 Å². The van der Waals surface area contributed by atoms with Crippen molar-refractivity contribution in [1.82, 2.24) is 10.2 Å². The van der Waals surface area contributed by atoms with Gasteiger partial charge in [-0.3, -0.25) is 4.79 Å². The second kappa shape index (κ2) is 5.58. The highest BCUT2D eigenvalue weighted by atomic mass is 16.4. The van der Waals surface area contributed by atoms with Crippen LogP contribution in [-0.2, 0) is 4.79 Å². The zero-order chi connectivity index (χ0) is 11.3. The van der Waals surface area contributed by atoms with Gasteiger partial charge in [0.2, 0.25) is 0 Å². The van der Waals surface area contributed by atoms with Crippen LogP contribution in [-0.4, -0.2) is 41.6 Å². The third-order valence-corrected chi connectivity index (χ3v) is 2.67. The quantitative estimate of drug-likeness (QED) is 0.730. The third-order valence-electron chi connectivity index (χ3n) is 2.67. The second-order valence-corrected chi connectivity index (χ2v) is 3.87. The van der Waals surface area contributed by atoms with Gasteiger partial charge in [0.05, 0.1) is 0 Å². The molecule has 1 atom stereocenters. The molecule has 0 bridgehead atoms. The van der Waals surface area contributed by atoms with Crippen LogP contribution in [0.2, 0.25) is 0 Å². The molecule has 0 aromatic heterocycles. The number of carbonyl (C=O) groups is 2. The van der Waals surface area contributed by atoms with Gasteiger partial charge in [0.25, 0.3) is 0 Å². The maximum atomic E-state index is 11.4. The Morgan fingerprint density at radius 1 is 1.53 bits per heavy atom. The lowest BCUT2D eigenvalue weighted by Gasteiger charge is -2.16. The average molecular weight is 214 g/mol. The van der Waals surface area contributed by atoms with Crippen molar-refractivity contribution in [2.75, 3.05) is 19.6 Å². The number of aliphatic carboxylic acids is 1. The molecule has 1 heterocycles. The van der Waals surface area contributed by atoms with Crippen LogP contribution in [0.3, 0.4) is 0 Å². The summed E-state index contributed by atoms with van der Waals surface area (Å²) in [6.07, 6.45) is 1.80. The number of likely N-dealkylation sites (tertiary alicyclic amines) is 1. The predicted octanol–water partition coefficient (Wildman–Crippen LogP) is 0.903. The lowest BCUT2D eigenvalue weighted by Crippen LogP contribution is -2.38. The molecule has 0 aromatic carbocycles. The third kappa shape index (κ3) is 3.77. The zero-order valence-electron chi connectivity index (χ0n) is 9.03. The number of hydrogen-bond donors (Lipinski definition) is 2. The molecule has 1 unspecified atom stereocenters. The molecule has 0 spiro atoms. The van der Waals surface area contributed by atoms with E-state index in [1.807, 2.05) is 6.92 Å². The van der Waals surface area contributed by atoms with Crippen molar-refractivity contribution in [1.29, 1.82) is 0 Å². The first-order valence-corrected chi connectivity index (χ1v) is 5.38. The SMILES string of the molecule is CCNC(=O)N1CCC(CCC(=O)O)C1. The van der Waals surface area contributed by atoms with E-state index >= 15 is 0 Å². The summed E-state index contributed by atoms with van der Waals surface area (Å²) in [6, 6.07) is -0.0321. The Kier molecular flexibility index (Phi) is 4.39. The molecule has 2 N–H and O–H groups in total. The normalized spacial score (nSPS) is 20.3. The Morgan fingerprint density at radius 2 is 2.27 bits per heavy atom. The summed E-state index contributed by atoms with van der Waals surface area (Å²) < 4.78 is 0. The van der Waals surface area contributed by atoms with Crippen molar-refractivity contribution in [3.05, 3.63) is 0 Å². The number of nitrogens with one attached hydrogen (secondary N) is 1. The van der Waals surface area contributed by atoms with E-state index in [1.165, 1.54) is 0 Å². The van der Waals surface area contributed by atoms with Crippen LogP contribution in [0.4, 0.5) is 4.79 Å². The minimum atomic E-state index is -0.758. The predicted molar refractivity (Wildman–Crippen MR) is 55.6 cm³/mol. The van der Waals surface area contributed by atoms with Crippen LogP contribution in [0.5, 0.6) is 0 Å². The second-order valence-electron chi connectivity index (χ2n) is 3.87. The lowest BCUT2D eigenvalue weighted by atomic mass is 10.0. The Labute approximate surface area is 89.4 Å². The molecular formula is C10H18N2O3. The molecule has 0 aliphatic carbocycles. The van der Waals surface area contributed by atoms with Gasteiger partial charge >= 0.3 is 12.0 Å².